The molecule has 3 rings (SSSR count). The standard InChI is InChI=1S/C22H30N2O4/c1-22(2,3)28-21(27)23-16(13-15-9-5-4-6-10-15)14-24-19(25)17-11-7-8-12-18(17)20(24)26/h7-8,11-12,15-16H,4-6,9-10,13-14H2,1-3H3,(H,23,27). The molecule has 6 heteroatoms. The van der Waals surface area contributed by atoms with Gasteiger partial charge in [0.25, 0.3) is 11.8 Å². The number of nitrogens with one attached hydrogen (secondary N) is 1. The zero-order chi connectivity index (χ0) is 20.3. The van der Waals surface area contributed by atoms with Crippen LogP contribution in [0.3, 0.4) is 0 Å². The van der Waals surface area contributed by atoms with E-state index in [-0.39, 0.29) is 24.4 Å². The molecule has 152 valence electrons. The molecular weight excluding hydrogens is 356 g/mol. The normalized spacial score (nSPS) is 18.8. The van der Waals surface area contributed by atoms with E-state index in [0.717, 1.165) is 19.3 Å². The van der Waals surface area contributed by atoms with Crippen LogP contribution >= 0.6 is 0 Å². The SMILES string of the molecule is CC(C)(C)OC(=O)NC(CC1CCCCC1)CN1C(=O)c2ccccc2C1=O. The van der Waals surface area contributed by atoms with Crippen LogP contribution in [-0.2, 0) is 4.74 Å². The van der Waals surface area contributed by atoms with Gasteiger partial charge >= 0.3 is 6.09 Å². The number of alkyl carbamates (subject to hydrolysis) is 1. The molecule has 1 aromatic rings. The number of ether oxygens (including phenoxy) is 1. The molecule has 0 bridgehead atoms. The Kier molecular flexibility index (Phi) is 6.06. The molecule has 1 N–H and O–H groups in total. The summed E-state index contributed by atoms with van der Waals surface area (Å²) in [7, 11) is 0. The number of carbonyl (C=O) groups is 3. The molecule has 1 aliphatic heterocycles. The van der Waals surface area contributed by atoms with Gasteiger partial charge in [-0.2, -0.15) is 0 Å². The first-order valence-corrected chi connectivity index (χ1v) is 10.2. The summed E-state index contributed by atoms with van der Waals surface area (Å²) in [6.07, 6.45) is 6.10. The third-order valence-electron chi connectivity index (χ3n) is 5.34. The minimum Gasteiger partial charge on any atom is -0.444 e. The monoisotopic (exact) mass is 386 g/mol. The lowest BCUT2D eigenvalue weighted by atomic mass is 9.84. The van der Waals surface area contributed by atoms with Gasteiger partial charge in [0.1, 0.15) is 5.60 Å². The summed E-state index contributed by atoms with van der Waals surface area (Å²) >= 11 is 0. The second-order valence-electron chi connectivity index (χ2n) is 8.85. The van der Waals surface area contributed by atoms with Gasteiger partial charge in [-0.3, -0.25) is 14.5 Å². The van der Waals surface area contributed by atoms with E-state index < -0.39 is 11.7 Å². The van der Waals surface area contributed by atoms with Crippen LogP contribution in [0.1, 0.15) is 80.0 Å². The van der Waals surface area contributed by atoms with Crippen molar-refractivity contribution in [2.45, 2.75) is 70.9 Å². The smallest absolute Gasteiger partial charge is 0.407 e. The summed E-state index contributed by atoms with van der Waals surface area (Å²) in [5, 5.41) is 2.91. The molecular formula is C22H30N2O4. The molecule has 0 aromatic heterocycles. The molecule has 0 saturated heterocycles. The summed E-state index contributed by atoms with van der Waals surface area (Å²) < 4.78 is 5.40. The average molecular weight is 386 g/mol. The maximum atomic E-state index is 12.7. The van der Waals surface area contributed by atoms with Crippen molar-refractivity contribution in [3.63, 3.8) is 0 Å². The van der Waals surface area contributed by atoms with Crippen LogP contribution in [0.4, 0.5) is 4.79 Å². The molecule has 1 aliphatic carbocycles. The van der Waals surface area contributed by atoms with Crippen LogP contribution < -0.4 is 5.32 Å². The highest BCUT2D eigenvalue weighted by atomic mass is 16.6. The van der Waals surface area contributed by atoms with Crippen molar-refractivity contribution in [2.75, 3.05) is 6.54 Å². The molecule has 1 fully saturated rings. The van der Waals surface area contributed by atoms with Gasteiger partial charge in [-0.1, -0.05) is 44.2 Å². The maximum Gasteiger partial charge on any atom is 0.407 e. The van der Waals surface area contributed by atoms with E-state index in [0.29, 0.717) is 17.0 Å². The molecule has 0 radical (unpaired) electrons. The van der Waals surface area contributed by atoms with E-state index in [1.807, 2.05) is 20.8 Å². The van der Waals surface area contributed by atoms with E-state index in [9.17, 15) is 14.4 Å². The Labute approximate surface area is 166 Å². The first-order valence-electron chi connectivity index (χ1n) is 10.2. The van der Waals surface area contributed by atoms with Crippen molar-refractivity contribution in [2.24, 2.45) is 5.92 Å². The Hall–Kier alpha value is -2.37. The molecule has 1 saturated carbocycles. The Bertz CT molecular complexity index is 712. The van der Waals surface area contributed by atoms with E-state index in [1.54, 1.807) is 24.3 Å². The lowest BCUT2D eigenvalue weighted by Crippen LogP contribution is -2.48. The predicted molar refractivity (Wildman–Crippen MR) is 106 cm³/mol. The molecule has 1 aromatic carbocycles. The number of nitrogens with zero attached hydrogens (tertiary/aromatic N) is 1. The van der Waals surface area contributed by atoms with Crippen molar-refractivity contribution < 1.29 is 19.1 Å². The molecule has 1 unspecified atom stereocenters. The molecule has 6 nitrogen and oxygen atoms in total. The van der Waals surface area contributed by atoms with E-state index in [1.165, 1.54) is 24.2 Å². The van der Waals surface area contributed by atoms with Crippen molar-refractivity contribution in [3.8, 4) is 0 Å². The summed E-state index contributed by atoms with van der Waals surface area (Å²) in [4.78, 5) is 39.0. The number of fused-ring (bicyclic) bond motifs is 1. The molecule has 0 spiro atoms. The van der Waals surface area contributed by atoms with Crippen LogP contribution in [-0.4, -0.2) is 41.0 Å². The summed E-state index contributed by atoms with van der Waals surface area (Å²) in [6, 6.07) is 6.54. The van der Waals surface area contributed by atoms with Gasteiger partial charge < -0.3 is 10.1 Å². The minimum absolute atomic E-state index is 0.169. The van der Waals surface area contributed by atoms with Gasteiger partial charge in [0.05, 0.1) is 17.2 Å². The first kappa shape index (κ1) is 20.4. The fourth-order valence-corrected chi connectivity index (χ4v) is 4.10. The second kappa shape index (κ2) is 8.33. The summed E-state index contributed by atoms with van der Waals surface area (Å²) in [6.45, 7) is 5.61. The molecule has 1 atom stereocenters. The number of benzene rings is 1. The second-order valence-corrected chi connectivity index (χ2v) is 8.85. The zero-order valence-corrected chi connectivity index (χ0v) is 17.0. The van der Waals surface area contributed by atoms with Crippen LogP contribution in [0, 0.1) is 5.92 Å². The highest BCUT2D eigenvalue weighted by Crippen LogP contribution is 2.29. The molecule has 1 heterocycles. The Balaban J connectivity index is 1.72. The number of rotatable bonds is 5. The number of amides is 3. The Morgan fingerprint density at radius 2 is 1.68 bits per heavy atom. The summed E-state index contributed by atoms with van der Waals surface area (Å²) in [5.74, 6) is -0.0932. The van der Waals surface area contributed by atoms with Crippen molar-refractivity contribution in [1.29, 1.82) is 0 Å². The highest BCUT2D eigenvalue weighted by Gasteiger charge is 2.37. The Morgan fingerprint density at radius 3 is 2.21 bits per heavy atom. The summed E-state index contributed by atoms with van der Waals surface area (Å²) in [5.41, 5.74) is 0.261. The van der Waals surface area contributed by atoms with Crippen LogP contribution in [0.15, 0.2) is 24.3 Å². The fourth-order valence-electron chi connectivity index (χ4n) is 4.10. The molecule has 28 heavy (non-hydrogen) atoms. The highest BCUT2D eigenvalue weighted by molar-refractivity contribution is 6.21. The fraction of sp³-hybridized carbons (Fsp3) is 0.591. The number of carbonyl (C=O) groups excluding carboxylic acids is 3. The van der Waals surface area contributed by atoms with E-state index >= 15 is 0 Å². The van der Waals surface area contributed by atoms with E-state index in [2.05, 4.69) is 5.32 Å². The van der Waals surface area contributed by atoms with Gasteiger partial charge in [0.2, 0.25) is 0 Å². The third-order valence-corrected chi connectivity index (χ3v) is 5.34. The van der Waals surface area contributed by atoms with Crippen LogP contribution in [0.2, 0.25) is 0 Å². The van der Waals surface area contributed by atoms with Crippen LogP contribution in [0.25, 0.3) is 0 Å². The van der Waals surface area contributed by atoms with Crippen molar-refractivity contribution >= 4 is 17.9 Å². The molecule has 3 amide bonds. The predicted octanol–water partition coefficient (Wildman–Crippen LogP) is 4.15. The van der Waals surface area contributed by atoms with Crippen molar-refractivity contribution in [1.82, 2.24) is 10.2 Å². The lowest BCUT2D eigenvalue weighted by molar-refractivity contribution is 0.0454. The lowest BCUT2D eigenvalue weighted by Gasteiger charge is -2.30. The minimum atomic E-state index is -0.602. The molecule has 2 aliphatic rings. The van der Waals surface area contributed by atoms with Crippen LogP contribution in [0.5, 0.6) is 0 Å². The van der Waals surface area contributed by atoms with Crippen molar-refractivity contribution in [3.05, 3.63) is 35.4 Å². The quantitative estimate of drug-likeness (QED) is 0.772. The zero-order valence-electron chi connectivity index (χ0n) is 17.0. The number of hydrogen-bond donors (Lipinski definition) is 1. The largest absolute Gasteiger partial charge is 0.444 e. The van der Waals surface area contributed by atoms with Gasteiger partial charge in [-0.25, -0.2) is 4.79 Å². The number of hydrogen-bond acceptors (Lipinski definition) is 4. The topological polar surface area (TPSA) is 75.7 Å². The van der Waals surface area contributed by atoms with E-state index in [4.69, 9.17) is 4.74 Å². The van der Waals surface area contributed by atoms with Gasteiger partial charge in [0.15, 0.2) is 0 Å². The van der Waals surface area contributed by atoms with Gasteiger partial charge in [-0.05, 0) is 45.2 Å². The van der Waals surface area contributed by atoms with Gasteiger partial charge in [-0.15, -0.1) is 0 Å². The maximum absolute atomic E-state index is 12.7. The third kappa shape index (κ3) is 4.91. The Morgan fingerprint density at radius 1 is 1.11 bits per heavy atom. The first-order chi connectivity index (χ1) is 13.2. The average Bonchev–Trinajstić information content (AvgIpc) is 2.86. The number of imide groups is 1. The van der Waals surface area contributed by atoms with Gasteiger partial charge in [0, 0.05) is 6.54 Å².